The quantitative estimate of drug-likeness (QED) is 0.594. The smallest absolute Gasteiger partial charge is 0.168 e. The molecule has 4 rings (SSSR count). The summed E-state index contributed by atoms with van der Waals surface area (Å²) in [6.45, 7) is 0.0765. The summed E-state index contributed by atoms with van der Waals surface area (Å²) in [5, 5.41) is 17.7. The van der Waals surface area contributed by atoms with Gasteiger partial charge in [-0.3, -0.25) is 0 Å². The van der Waals surface area contributed by atoms with Gasteiger partial charge in [-0.2, -0.15) is 10.2 Å². The van der Waals surface area contributed by atoms with Gasteiger partial charge in [-0.05, 0) is 36.2 Å². The second kappa shape index (κ2) is 6.33. The van der Waals surface area contributed by atoms with Crippen LogP contribution in [-0.4, -0.2) is 48.2 Å². The van der Waals surface area contributed by atoms with Crippen LogP contribution in [0, 0.1) is 0 Å². The molecule has 4 aromatic rings. The number of hydrogen-bond acceptors (Lipinski definition) is 6. The molecule has 3 aromatic heterocycles. The number of aliphatic hydroxyl groups is 1. The van der Waals surface area contributed by atoms with E-state index in [1.807, 2.05) is 30.5 Å². The normalized spacial score (nSPS) is 11.1. The molecule has 0 bridgehead atoms. The van der Waals surface area contributed by atoms with Gasteiger partial charge in [0.25, 0.3) is 0 Å². The van der Waals surface area contributed by atoms with Crippen molar-refractivity contribution in [1.29, 1.82) is 0 Å². The van der Waals surface area contributed by atoms with Crippen molar-refractivity contribution in [2.75, 3.05) is 13.7 Å². The lowest BCUT2D eigenvalue weighted by molar-refractivity contribution is 0.299. The summed E-state index contributed by atoms with van der Waals surface area (Å²) >= 11 is 0. The molecule has 0 amide bonds. The predicted octanol–water partition coefficient (Wildman–Crippen LogP) is 1.52. The van der Waals surface area contributed by atoms with Gasteiger partial charge in [-0.1, -0.05) is 0 Å². The third-order valence-electron chi connectivity index (χ3n) is 3.92. The Morgan fingerprint density at radius 1 is 1.08 bits per heavy atom. The van der Waals surface area contributed by atoms with Crippen LogP contribution in [0.25, 0.3) is 22.7 Å². The molecule has 3 heterocycles. The Morgan fingerprint density at radius 2 is 1.92 bits per heavy atom. The van der Waals surface area contributed by atoms with E-state index in [9.17, 15) is 0 Å². The topological polar surface area (TPSA) is 90.4 Å². The third-order valence-corrected chi connectivity index (χ3v) is 3.92. The molecule has 25 heavy (non-hydrogen) atoms. The Kier molecular flexibility index (Phi) is 3.87. The number of hydrogen-bond donors (Lipinski definition) is 1. The number of rotatable bonds is 5. The number of methoxy groups -OCH3 is 1. The van der Waals surface area contributed by atoms with E-state index in [0.717, 1.165) is 22.6 Å². The van der Waals surface area contributed by atoms with Crippen molar-refractivity contribution in [1.82, 2.24) is 29.4 Å². The lowest BCUT2D eigenvalue weighted by atomic mass is 10.2. The number of nitrogens with zero attached hydrogens (tertiary/aromatic N) is 6. The van der Waals surface area contributed by atoms with Gasteiger partial charge in [0.05, 0.1) is 24.6 Å². The Morgan fingerprint density at radius 3 is 2.68 bits per heavy atom. The standard InChI is InChI=1S/C17H16N6O2/c1-25-14-4-2-13(3-5-14)23-17(19-11-21-23)15-9-20-22-10-12(6-7-24)8-18-16(15)22/h2-5,8-11,24H,6-7H2,1H3. The first-order chi connectivity index (χ1) is 12.3. The zero-order valence-electron chi connectivity index (χ0n) is 13.6. The molecule has 0 atom stereocenters. The molecule has 0 aliphatic rings. The van der Waals surface area contributed by atoms with Crippen LogP contribution in [0.5, 0.6) is 5.75 Å². The Hall–Kier alpha value is -3.26. The van der Waals surface area contributed by atoms with Crippen LogP contribution in [-0.2, 0) is 6.42 Å². The summed E-state index contributed by atoms with van der Waals surface area (Å²) in [6.07, 6.45) is 7.36. The average molecular weight is 336 g/mol. The summed E-state index contributed by atoms with van der Waals surface area (Å²) in [4.78, 5) is 8.84. The first-order valence-electron chi connectivity index (χ1n) is 7.78. The molecule has 0 fully saturated rings. The third kappa shape index (κ3) is 2.72. The number of ether oxygens (including phenoxy) is 1. The van der Waals surface area contributed by atoms with E-state index in [0.29, 0.717) is 17.9 Å². The van der Waals surface area contributed by atoms with E-state index >= 15 is 0 Å². The molecular weight excluding hydrogens is 320 g/mol. The molecule has 8 nitrogen and oxygen atoms in total. The van der Waals surface area contributed by atoms with Gasteiger partial charge < -0.3 is 9.84 Å². The van der Waals surface area contributed by atoms with Gasteiger partial charge in [0.15, 0.2) is 11.5 Å². The molecule has 0 radical (unpaired) electrons. The molecule has 0 spiro atoms. The van der Waals surface area contributed by atoms with E-state index in [1.165, 1.54) is 6.33 Å². The first kappa shape index (κ1) is 15.3. The zero-order chi connectivity index (χ0) is 17.2. The number of aromatic nitrogens is 6. The highest BCUT2D eigenvalue weighted by atomic mass is 16.5. The molecule has 1 N–H and O–H groups in total. The van der Waals surface area contributed by atoms with Crippen molar-refractivity contribution in [3.8, 4) is 22.8 Å². The van der Waals surface area contributed by atoms with E-state index in [1.54, 1.807) is 28.7 Å². The fourth-order valence-corrected chi connectivity index (χ4v) is 2.67. The second-order valence-corrected chi connectivity index (χ2v) is 5.46. The Labute approximate surface area is 143 Å². The first-order valence-corrected chi connectivity index (χ1v) is 7.78. The minimum Gasteiger partial charge on any atom is -0.497 e. The van der Waals surface area contributed by atoms with Crippen LogP contribution in [0.15, 0.2) is 49.2 Å². The van der Waals surface area contributed by atoms with Crippen LogP contribution in [0.1, 0.15) is 5.56 Å². The van der Waals surface area contributed by atoms with Crippen molar-refractivity contribution < 1.29 is 9.84 Å². The van der Waals surface area contributed by atoms with E-state index in [2.05, 4.69) is 20.2 Å². The van der Waals surface area contributed by atoms with Crippen LogP contribution >= 0.6 is 0 Å². The molecule has 1 aromatic carbocycles. The number of aliphatic hydroxyl groups excluding tert-OH is 1. The Balaban J connectivity index is 1.78. The summed E-state index contributed by atoms with van der Waals surface area (Å²) in [5.74, 6) is 1.43. The maximum absolute atomic E-state index is 9.06. The van der Waals surface area contributed by atoms with Crippen molar-refractivity contribution in [2.24, 2.45) is 0 Å². The van der Waals surface area contributed by atoms with Crippen LogP contribution < -0.4 is 4.74 Å². The molecule has 126 valence electrons. The number of benzene rings is 1. The van der Waals surface area contributed by atoms with Crippen LogP contribution in [0.4, 0.5) is 0 Å². The maximum atomic E-state index is 9.06. The van der Waals surface area contributed by atoms with Gasteiger partial charge in [-0.25, -0.2) is 19.2 Å². The van der Waals surface area contributed by atoms with Crippen molar-refractivity contribution in [3.63, 3.8) is 0 Å². The molecule has 0 aliphatic heterocycles. The Bertz CT molecular complexity index is 1010. The fourth-order valence-electron chi connectivity index (χ4n) is 2.67. The summed E-state index contributed by atoms with van der Waals surface area (Å²) in [5.41, 5.74) is 3.25. The van der Waals surface area contributed by atoms with Crippen LogP contribution in [0.2, 0.25) is 0 Å². The predicted molar refractivity (Wildman–Crippen MR) is 90.7 cm³/mol. The van der Waals surface area contributed by atoms with Crippen molar-refractivity contribution >= 4 is 5.65 Å². The van der Waals surface area contributed by atoms with Crippen LogP contribution in [0.3, 0.4) is 0 Å². The van der Waals surface area contributed by atoms with Gasteiger partial charge in [0.1, 0.15) is 12.1 Å². The van der Waals surface area contributed by atoms with E-state index in [-0.39, 0.29) is 6.61 Å². The van der Waals surface area contributed by atoms with Gasteiger partial charge in [0.2, 0.25) is 0 Å². The molecule has 0 saturated carbocycles. The zero-order valence-corrected chi connectivity index (χ0v) is 13.6. The monoisotopic (exact) mass is 336 g/mol. The minimum atomic E-state index is 0.0765. The van der Waals surface area contributed by atoms with E-state index in [4.69, 9.17) is 9.84 Å². The fraction of sp³-hybridized carbons (Fsp3) is 0.176. The lowest BCUT2D eigenvalue weighted by Crippen LogP contribution is -2.01. The van der Waals surface area contributed by atoms with E-state index < -0.39 is 0 Å². The highest BCUT2D eigenvalue weighted by Crippen LogP contribution is 2.24. The molecule has 0 unspecified atom stereocenters. The summed E-state index contributed by atoms with van der Waals surface area (Å²) in [6, 6.07) is 7.57. The average Bonchev–Trinajstić information content (AvgIpc) is 3.28. The van der Waals surface area contributed by atoms with Gasteiger partial charge in [-0.15, -0.1) is 0 Å². The highest BCUT2D eigenvalue weighted by Gasteiger charge is 2.15. The largest absolute Gasteiger partial charge is 0.497 e. The lowest BCUT2D eigenvalue weighted by Gasteiger charge is -2.06. The van der Waals surface area contributed by atoms with Gasteiger partial charge in [0, 0.05) is 19.0 Å². The van der Waals surface area contributed by atoms with Gasteiger partial charge >= 0.3 is 0 Å². The minimum absolute atomic E-state index is 0.0765. The molecule has 8 heteroatoms. The molecular formula is C17H16N6O2. The molecule has 0 saturated heterocycles. The van der Waals surface area contributed by atoms with Crippen molar-refractivity contribution in [3.05, 3.63) is 54.7 Å². The molecule has 0 aliphatic carbocycles. The summed E-state index contributed by atoms with van der Waals surface area (Å²) < 4.78 is 8.62. The highest BCUT2D eigenvalue weighted by molar-refractivity contribution is 5.73. The number of fused-ring (bicyclic) bond motifs is 1. The summed E-state index contributed by atoms with van der Waals surface area (Å²) in [7, 11) is 1.63. The maximum Gasteiger partial charge on any atom is 0.168 e. The van der Waals surface area contributed by atoms with Crippen molar-refractivity contribution in [2.45, 2.75) is 6.42 Å². The SMILES string of the molecule is COc1ccc(-n2ncnc2-c2cnn3cc(CCO)cnc23)cc1. The second-order valence-electron chi connectivity index (χ2n) is 5.46.